The summed E-state index contributed by atoms with van der Waals surface area (Å²) in [5.74, 6) is 0.186. The molecule has 1 unspecified atom stereocenters. The van der Waals surface area contributed by atoms with Gasteiger partial charge in [-0.3, -0.25) is 0 Å². The molecule has 1 aliphatic carbocycles. The van der Waals surface area contributed by atoms with Gasteiger partial charge in [0.05, 0.1) is 6.10 Å². The van der Waals surface area contributed by atoms with Crippen molar-refractivity contribution in [2.75, 3.05) is 0 Å². The van der Waals surface area contributed by atoms with E-state index >= 15 is 0 Å². The van der Waals surface area contributed by atoms with E-state index in [2.05, 4.69) is 12.2 Å². The van der Waals surface area contributed by atoms with Crippen LogP contribution in [0.3, 0.4) is 0 Å². The molecule has 2 bridgehead atoms. The fourth-order valence-electron chi connectivity index (χ4n) is 3.23. The number of hydrogen-bond donors (Lipinski definition) is 2. The number of benzene rings is 1. The summed E-state index contributed by atoms with van der Waals surface area (Å²) >= 11 is 0. The molecular weight excluding hydrogens is 241 g/mol. The molecule has 3 fully saturated rings. The van der Waals surface area contributed by atoms with Crippen LogP contribution >= 0.6 is 12.4 Å². The Hall–Kier alpha value is -0.640. The molecule has 2 N–H and O–H groups in total. The predicted octanol–water partition coefficient (Wildman–Crippen LogP) is 2.42. The van der Waals surface area contributed by atoms with Crippen LogP contribution in [0.5, 0.6) is 0 Å². The molecule has 2 heterocycles. The predicted molar refractivity (Wildman–Crippen MR) is 66.7 cm³/mol. The fraction of sp³-hybridized carbons (Fsp3) is 0.538. The summed E-state index contributed by atoms with van der Waals surface area (Å²) in [5, 5.41) is 13.6. The first kappa shape index (κ1) is 12.8. The zero-order valence-electron chi connectivity index (χ0n) is 9.69. The van der Waals surface area contributed by atoms with Crippen molar-refractivity contribution >= 4 is 12.4 Å². The Labute approximate surface area is 107 Å². The van der Waals surface area contributed by atoms with E-state index in [0.717, 1.165) is 12.8 Å². The largest absolute Gasteiger partial charge is 0.387 e. The minimum atomic E-state index is -0.726. The van der Waals surface area contributed by atoms with Crippen molar-refractivity contribution in [3.63, 3.8) is 0 Å². The van der Waals surface area contributed by atoms with E-state index in [1.165, 1.54) is 6.07 Å². The zero-order valence-corrected chi connectivity index (χ0v) is 10.5. The van der Waals surface area contributed by atoms with Crippen LogP contribution in [0, 0.1) is 11.7 Å². The van der Waals surface area contributed by atoms with Crippen molar-refractivity contribution in [3.05, 3.63) is 35.6 Å². The number of rotatable bonds is 2. The summed E-state index contributed by atoms with van der Waals surface area (Å²) in [5.41, 5.74) is 0.595. The van der Waals surface area contributed by atoms with Gasteiger partial charge in [-0.15, -0.1) is 12.4 Å². The molecule has 2 saturated heterocycles. The minimum Gasteiger partial charge on any atom is -0.387 e. The Kier molecular flexibility index (Phi) is 3.19. The Bertz CT molecular complexity index is 420. The average molecular weight is 258 g/mol. The topological polar surface area (TPSA) is 32.3 Å². The standard InChI is InChI=1S/C13H16FNO.ClH/c1-13-6-8(7-13)11(15-13)12(16)9-4-2-3-5-10(9)14;/h2-5,8,11-12,15-16H,6-7H2,1H3;1H/t8?,11-,12?,13?;/m0./s1. The molecule has 1 saturated carbocycles. The lowest BCUT2D eigenvalue weighted by Crippen LogP contribution is -2.40. The van der Waals surface area contributed by atoms with Crippen molar-refractivity contribution in [2.24, 2.45) is 5.92 Å². The van der Waals surface area contributed by atoms with Gasteiger partial charge in [0.1, 0.15) is 5.82 Å². The van der Waals surface area contributed by atoms with E-state index in [1.54, 1.807) is 18.2 Å². The third-order valence-electron chi connectivity index (χ3n) is 4.01. The van der Waals surface area contributed by atoms with E-state index in [0.29, 0.717) is 11.5 Å². The molecule has 3 aliphatic rings. The van der Waals surface area contributed by atoms with Crippen LogP contribution in [0.15, 0.2) is 24.3 Å². The van der Waals surface area contributed by atoms with Gasteiger partial charge in [0.15, 0.2) is 0 Å². The molecular formula is C13H17ClFNO. The van der Waals surface area contributed by atoms with E-state index in [4.69, 9.17) is 0 Å². The van der Waals surface area contributed by atoms with Crippen LogP contribution in [0.1, 0.15) is 31.4 Å². The lowest BCUT2D eigenvalue weighted by molar-refractivity contribution is 0.118. The molecule has 4 rings (SSSR count). The maximum atomic E-state index is 13.5. The molecule has 2 nitrogen and oxygen atoms in total. The second-order valence-electron chi connectivity index (χ2n) is 5.37. The van der Waals surface area contributed by atoms with E-state index in [1.807, 2.05) is 0 Å². The van der Waals surface area contributed by atoms with Crippen LogP contribution in [0.25, 0.3) is 0 Å². The molecule has 17 heavy (non-hydrogen) atoms. The summed E-state index contributed by atoms with van der Waals surface area (Å²) in [6, 6.07) is 6.50. The quantitative estimate of drug-likeness (QED) is 0.853. The van der Waals surface area contributed by atoms with Gasteiger partial charge in [-0.25, -0.2) is 4.39 Å². The van der Waals surface area contributed by atoms with Gasteiger partial charge in [-0.1, -0.05) is 18.2 Å². The molecule has 0 amide bonds. The third kappa shape index (κ3) is 1.96. The molecule has 1 aromatic rings. The smallest absolute Gasteiger partial charge is 0.129 e. The summed E-state index contributed by atoms with van der Waals surface area (Å²) in [6.45, 7) is 2.16. The Morgan fingerprint density at radius 2 is 2.06 bits per heavy atom. The van der Waals surface area contributed by atoms with Gasteiger partial charge in [-0.2, -0.15) is 0 Å². The lowest BCUT2D eigenvalue weighted by Gasteiger charge is -2.33. The number of halogens is 2. The second kappa shape index (κ2) is 4.23. The van der Waals surface area contributed by atoms with Gasteiger partial charge in [0, 0.05) is 17.1 Å². The lowest BCUT2D eigenvalue weighted by atomic mass is 9.72. The van der Waals surface area contributed by atoms with Crippen LogP contribution in [0.4, 0.5) is 4.39 Å². The van der Waals surface area contributed by atoms with Crippen LogP contribution < -0.4 is 5.32 Å². The molecule has 2 atom stereocenters. The molecule has 0 radical (unpaired) electrons. The Balaban J connectivity index is 0.00000108. The van der Waals surface area contributed by atoms with Gasteiger partial charge in [0.2, 0.25) is 0 Å². The van der Waals surface area contributed by atoms with Crippen LogP contribution in [0.2, 0.25) is 0 Å². The SMILES string of the molecule is CC12CC(C1)[C@@H](C(O)c1ccccc1F)N2.Cl. The highest BCUT2D eigenvalue weighted by atomic mass is 35.5. The van der Waals surface area contributed by atoms with Crippen molar-refractivity contribution in [2.45, 2.75) is 37.5 Å². The molecule has 2 aliphatic heterocycles. The van der Waals surface area contributed by atoms with Gasteiger partial charge in [-0.05, 0) is 31.7 Å². The number of fused-ring (bicyclic) bond motifs is 1. The summed E-state index contributed by atoms with van der Waals surface area (Å²) < 4.78 is 13.5. The van der Waals surface area contributed by atoms with Crippen LogP contribution in [-0.2, 0) is 0 Å². The molecule has 4 heteroatoms. The highest BCUT2D eigenvalue weighted by Gasteiger charge is 2.54. The van der Waals surface area contributed by atoms with E-state index < -0.39 is 6.10 Å². The zero-order chi connectivity index (χ0) is 11.3. The first-order valence-corrected chi connectivity index (χ1v) is 5.79. The monoisotopic (exact) mass is 257 g/mol. The minimum absolute atomic E-state index is 0. The molecule has 94 valence electrons. The van der Waals surface area contributed by atoms with Gasteiger partial charge in [0.25, 0.3) is 0 Å². The van der Waals surface area contributed by atoms with E-state index in [9.17, 15) is 9.50 Å². The Morgan fingerprint density at radius 3 is 2.59 bits per heavy atom. The van der Waals surface area contributed by atoms with Crippen molar-refractivity contribution in [1.29, 1.82) is 0 Å². The van der Waals surface area contributed by atoms with Crippen LogP contribution in [-0.4, -0.2) is 16.7 Å². The maximum absolute atomic E-state index is 13.5. The Morgan fingerprint density at radius 1 is 1.41 bits per heavy atom. The number of hydrogen-bond acceptors (Lipinski definition) is 2. The maximum Gasteiger partial charge on any atom is 0.129 e. The molecule has 0 spiro atoms. The third-order valence-corrected chi connectivity index (χ3v) is 4.01. The van der Waals surface area contributed by atoms with Gasteiger partial charge < -0.3 is 10.4 Å². The highest BCUT2D eigenvalue weighted by molar-refractivity contribution is 5.85. The number of aliphatic hydroxyl groups is 1. The first-order chi connectivity index (χ1) is 7.59. The van der Waals surface area contributed by atoms with Crippen molar-refractivity contribution in [1.82, 2.24) is 5.32 Å². The van der Waals surface area contributed by atoms with E-state index in [-0.39, 0.29) is 29.8 Å². The first-order valence-electron chi connectivity index (χ1n) is 5.79. The van der Waals surface area contributed by atoms with Gasteiger partial charge >= 0.3 is 0 Å². The highest BCUT2D eigenvalue weighted by Crippen LogP contribution is 2.50. The molecule has 1 aromatic carbocycles. The fourth-order valence-corrected chi connectivity index (χ4v) is 3.23. The summed E-state index contributed by atoms with van der Waals surface area (Å²) in [6.07, 6.45) is 1.47. The summed E-state index contributed by atoms with van der Waals surface area (Å²) in [7, 11) is 0. The second-order valence-corrected chi connectivity index (χ2v) is 5.37. The summed E-state index contributed by atoms with van der Waals surface area (Å²) in [4.78, 5) is 0. The van der Waals surface area contributed by atoms with Crippen molar-refractivity contribution < 1.29 is 9.50 Å². The normalized spacial score (nSPS) is 35.9. The average Bonchev–Trinajstić information content (AvgIpc) is 2.71. The molecule has 0 aromatic heterocycles. The number of nitrogens with one attached hydrogen (secondary N) is 1. The number of aliphatic hydroxyl groups excluding tert-OH is 1. The van der Waals surface area contributed by atoms with Crippen molar-refractivity contribution in [3.8, 4) is 0 Å².